The van der Waals surface area contributed by atoms with Gasteiger partial charge < -0.3 is 14.9 Å². The van der Waals surface area contributed by atoms with Crippen molar-refractivity contribution in [2.75, 3.05) is 13.2 Å². The fourth-order valence-corrected chi connectivity index (χ4v) is 0.386. The first-order chi connectivity index (χ1) is 4.70. The number of halogens is 2. The number of aliphatic hydroxyl groups is 2. The molecule has 0 fully saturated rings. The normalized spacial score (nSPS) is 15.0. The Hall–Kier alpha value is 0.0400. The summed E-state index contributed by atoms with van der Waals surface area (Å²) in [6.45, 7) is -0.412. The smallest absolute Gasteiger partial charge is 0.198 e. The zero-order valence-electron chi connectivity index (χ0n) is 5.13. The molecule has 0 spiro atoms. The molecule has 0 radical (unpaired) electrons. The molecule has 5 heteroatoms. The second kappa shape index (κ2) is 5.80. The van der Waals surface area contributed by atoms with E-state index >= 15 is 0 Å². The Labute approximate surface area is 68.8 Å². The zero-order valence-corrected chi connectivity index (χ0v) is 6.64. The molecule has 0 bridgehead atoms. The molecule has 0 aliphatic heterocycles. The van der Waals surface area contributed by atoms with E-state index in [0.717, 1.165) is 5.54 Å². The van der Waals surface area contributed by atoms with Gasteiger partial charge in [-0.3, -0.25) is 0 Å². The third-order valence-electron chi connectivity index (χ3n) is 0.710. The summed E-state index contributed by atoms with van der Waals surface area (Å²) in [6.07, 6.45) is -0.912. The molecular weight excluding hydrogens is 179 g/mol. The van der Waals surface area contributed by atoms with E-state index in [4.69, 9.17) is 33.4 Å². The van der Waals surface area contributed by atoms with E-state index in [1.54, 1.807) is 0 Å². The van der Waals surface area contributed by atoms with Crippen LogP contribution in [0.15, 0.2) is 10.8 Å². The summed E-state index contributed by atoms with van der Waals surface area (Å²) in [5.74, 6) is 0. The van der Waals surface area contributed by atoms with Gasteiger partial charge in [-0.25, -0.2) is 0 Å². The molecule has 0 amide bonds. The van der Waals surface area contributed by atoms with Crippen molar-refractivity contribution < 1.29 is 14.9 Å². The van der Waals surface area contributed by atoms with Crippen LogP contribution >= 0.6 is 23.2 Å². The van der Waals surface area contributed by atoms with Crippen molar-refractivity contribution in [3.05, 3.63) is 10.8 Å². The lowest BCUT2D eigenvalue weighted by Crippen LogP contribution is -2.18. The number of ether oxygens (including phenoxy) is 1. The molecule has 0 rings (SSSR count). The van der Waals surface area contributed by atoms with Crippen molar-refractivity contribution in [2.24, 2.45) is 0 Å². The zero-order chi connectivity index (χ0) is 7.98. The molecule has 1 atom stereocenters. The minimum absolute atomic E-state index is 0.00540. The first kappa shape index (κ1) is 10.0. The third kappa shape index (κ3) is 4.88. The maximum atomic E-state index is 8.70. The second-order valence-corrected chi connectivity index (χ2v) is 2.15. The average Bonchev–Trinajstić information content (AvgIpc) is 1.99. The van der Waals surface area contributed by atoms with Crippen molar-refractivity contribution in [3.8, 4) is 0 Å². The Kier molecular flexibility index (Phi) is 5.82. The van der Waals surface area contributed by atoms with Gasteiger partial charge >= 0.3 is 0 Å². The minimum Gasteiger partial charge on any atom is -0.479 e. The molecule has 0 aliphatic carbocycles. The van der Waals surface area contributed by atoms with Crippen LogP contribution in [0.1, 0.15) is 0 Å². The van der Waals surface area contributed by atoms with Crippen LogP contribution in [0.5, 0.6) is 0 Å². The van der Waals surface area contributed by atoms with Crippen LogP contribution in [0.2, 0.25) is 0 Å². The predicted molar refractivity (Wildman–Crippen MR) is 38.8 cm³/mol. The van der Waals surface area contributed by atoms with Gasteiger partial charge in [0.1, 0.15) is 12.7 Å². The lowest BCUT2D eigenvalue weighted by molar-refractivity contribution is 0.0356. The largest absolute Gasteiger partial charge is 0.479 e. The standard InChI is InChI=1S/C5H8Cl2O3/c6-1-5(7)10-3-4(9)2-8/h1,4,8-9H,2-3H2/t4-/m0/s1. The molecular formula is C5H8Cl2O3. The summed E-state index contributed by atoms with van der Waals surface area (Å²) in [6, 6.07) is 0. The number of rotatable bonds is 4. The first-order valence-corrected chi connectivity index (χ1v) is 3.39. The first-order valence-electron chi connectivity index (χ1n) is 2.58. The Morgan fingerprint density at radius 1 is 1.70 bits per heavy atom. The Morgan fingerprint density at radius 2 is 2.30 bits per heavy atom. The molecule has 0 aromatic carbocycles. The summed E-state index contributed by atoms with van der Waals surface area (Å²) >= 11 is 10.4. The molecule has 0 saturated carbocycles. The highest BCUT2D eigenvalue weighted by Gasteiger charge is 2.01. The average molecular weight is 187 g/mol. The summed E-state index contributed by atoms with van der Waals surface area (Å²) < 4.78 is 4.63. The summed E-state index contributed by atoms with van der Waals surface area (Å²) in [4.78, 5) is 0. The molecule has 0 aliphatic rings. The maximum Gasteiger partial charge on any atom is 0.198 e. The second-order valence-electron chi connectivity index (χ2n) is 1.56. The third-order valence-corrected chi connectivity index (χ3v) is 1.24. The molecule has 0 aromatic heterocycles. The Bertz CT molecular complexity index is 115. The topological polar surface area (TPSA) is 49.7 Å². The Balaban J connectivity index is 3.35. The fraction of sp³-hybridized carbons (Fsp3) is 0.600. The van der Waals surface area contributed by atoms with Gasteiger partial charge in [0, 0.05) is 0 Å². The van der Waals surface area contributed by atoms with Crippen molar-refractivity contribution in [1.29, 1.82) is 0 Å². The van der Waals surface area contributed by atoms with Gasteiger partial charge in [-0.05, 0) is 11.6 Å². The van der Waals surface area contributed by atoms with Crippen LogP contribution in [0.3, 0.4) is 0 Å². The maximum absolute atomic E-state index is 8.70. The molecule has 0 aromatic rings. The highest BCUT2D eigenvalue weighted by Crippen LogP contribution is 2.04. The SMILES string of the molecule is OC[C@H](O)COC(Cl)=CCl. The van der Waals surface area contributed by atoms with E-state index < -0.39 is 6.10 Å². The van der Waals surface area contributed by atoms with Gasteiger partial charge in [0.15, 0.2) is 5.22 Å². The van der Waals surface area contributed by atoms with E-state index in [0.29, 0.717) is 0 Å². The van der Waals surface area contributed by atoms with Crippen LogP contribution in [0, 0.1) is 0 Å². The van der Waals surface area contributed by atoms with Crippen LogP contribution in [-0.4, -0.2) is 29.5 Å². The van der Waals surface area contributed by atoms with Crippen LogP contribution in [-0.2, 0) is 4.74 Å². The van der Waals surface area contributed by atoms with Crippen molar-refractivity contribution in [1.82, 2.24) is 0 Å². The molecule has 3 nitrogen and oxygen atoms in total. The summed E-state index contributed by atoms with van der Waals surface area (Å²) in [5.41, 5.74) is 1.03. The van der Waals surface area contributed by atoms with Crippen LogP contribution in [0.4, 0.5) is 0 Å². The lowest BCUT2D eigenvalue weighted by atomic mass is 10.4. The molecule has 2 N–H and O–H groups in total. The van der Waals surface area contributed by atoms with Crippen molar-refractivity contribution >= 4 is 23.2 Å². The minimum atomic E-state index is -0.912. The van der Waals surface area contributed by atoms with Gasteiger partial charge in [0.25, 0.3) is 0 Å². The number of aliphatic hydroxyl groups excluding tert-OH is 2. The Morgan fingerprint density at radius 3 is 2.70 bits per heavy atom. The van der Waals surface area contributed by atoms with Crippen LogP contribution in [0.25, 0.3) is 0 Å². The van der Waals surface area contributed by atoms with E-state index in [2.05, 4.69) is 4.74 Å². The van der Waals surface area contributed by atoms with E-state index in [1.165, 1.54) is 0 Å². The van der Waals surface area contributed by atoms with E-state index in [9.17, 15) is 0 Å². The summed E-state index contributed by atoms with van der Waals surface area (Å²) in [7, 11) is 0. The van der Waals surface area contributed by atoms with Gasteiger partial charge in [0.2, 0.25) is 0 Å². The monoisotopic (exact) mass is 186 g/mol. The molecule has 0 saturated heterocycles. The number of hydrogen-bond donors (Lipinski definition) is 2. The quantitative estimate of drug-likeness (QED) is 0.634. The van der Waals surface area contributed by atoms with E-state index in [-0.39, 0.29) is 18.4 Å². The van der Waals surface area contributed by atoms with Crippen molar-refractivity contribution in [3.63, 3.8) is 0 Å². The highest BCUT2D eigenvalue weighted by atomic mass is 35.5. The van der Waals surface area contributed by atoms with Crippen molar-refractivity contribution in [2.45, 2.75) is 6.10 Å². The van der Waals surface area contributed by atoms with Gasteiger partial charge in [-0.1, -0.05) is 11.6 Å². The van der Waals surface area contributed by atoms with Gasteiger partial charge in [0.05, 0.1) is 12.1 Å². The van der Waals surface area contributed by atoms with Gasteiger partial charge in [-0.2, -0.15) is 0 Å². The summed E-state index contributed by atoms with van der Waals surface area (Å²) in [5, 5.41) is 17.0. The number of hydrogen-bond acceptors (Lipinski definition) is 3. The molecule has 0 heterocycles. The van der Waals surface area contributed by atoms with Gasteiger partial charge in [-0.15, -0.1) is 0 Å². The molecule has 10 heavy (non-hydrogen) atoms. The molecule has 60 valence electrons. The lowest BCUT2D eigenvalue weighted by Gasteiger charge is -2.06. The predicted octanol–water partition coefficient (Wildman–Crippen LogP) is 0.633. The molecule has 0 unspecified atom stereocenters. The highest BCUT2D eigenvalue weighted by molar-refractivity contribution is 6.35. The fourth-order valence-electron chi connectivity index (χ4n) is 0.260. The van der Waals surface area contributed by atoms with Crippen LogP contribution < -0.4 is 0 Å². The van der Waals surface area contributed by atoms with E-state index in [1.807, 2.05) is 0 Å².